The van der Waals surface area contributed by atoms with Crippen LogP contribution in [0.25, 0.3) is 0 Å². The zero-order valence-corrected chi connectivity index (χ0v) is 14.5. The second-order valence-corrected chi connectivity index (χ2v) is 6.42. The number of ether oxygens (including phenoxy) is 1. The number of methoxy groups -OCH3 is 1. The van der Waals surface area contributed by atoms with Crippen molar-refractivity contribution in [2.24, 2.45) is 0 Å². The number of amides is 1. The topological polar surface area (TPSA) is 55.6 Å². The van der Waals surface area contributed by atoms with Crippen LogP contribution in [0.4, 0.5) is 0 Å². The largest absolute Gasteiger partial charge is 0.497 e. The van der Waals surface area contributed by atoms with E-state index >= 15 is 0 Å². The van der Waals surface area contributed by atoms with Crippen LogP contribution >= 0.6 is 0 Å². The second-order valence-electron chi connectivity index (χ2n) is 6.42. The summed E-state index contributed by atoms with van der Waals surface area (Å²) in [6.07, 6.45) is 3.25. The van der Waals surface area contributed by atoms with Gasteiger partial charge in [-0.15, -0.1) is 0 Å². The number of benzene rings is 1. The summed E-state index contributed by atoms with van der Waals surface area (Å²) in [4.78, 5) is 14.9. The fourth-order valence-corrected chi connectivity index (χ4v) is 3.42. The van der Waals surface area contributed by atoms with Gasteiger partial charge in [0, 0.05) is 19.0 Å². The standard InChI is InChI=1S/C19H24N2O3/c1-13-18(14(2)24-20-13)19(22)21-11-5-4-6-16(12-21)15-7-9-17(23-3)10-8-15/h7-10,16H,4-6,11-12H2,1-3H3. The molecule has 1 saturated heterocycles. The van der Waals surface area contributed by atoms with Gasteiger partial charge in [0.2, 0.25) is 0 Å². The second kappa shape index (κ2) is 7.07. The van der Waals surface area contributed by atoms with Gasteiger partial charge >= 0.3 is 0 Å². The van der Waals surface area contributed by atoms with Crippen LogP contribution in [0.5, 0.6) is 5.75 Å². The summed E-state index contributed by atoms with van der Waals surface area (Å²) in [5, 5.41) is 3.92. The van der Waals surface area contributed by atoms with Gasteiger partial charge in [-0.25, -0.2) is 0 Å². The van der Waals surface area contributed by atoms with E-state index in [-0.39, 0.29) is 5.91 Å². The van der Waals surface area contributed by atoms with Gasteiger partial charge in [-0.2, -0.15) is 0 Å². The van der Waals surface area contributed by atoms with Gasteiger partial charge in [-0.3, -0.25) is 4.79 Å². The molecule has 0 bridgehead atoms. The number of aromatic nitrogens is 1. The molecular weight excluding hydrogens is 304 g/mol. The summed E-state index contributed by atoms with van der Waals surface area (Å²) in [7, 11) is 1.67. The van der Waals surface area contributed by atoms with Gasteiger partial charge in [-0.1, -0.05) is 23.7 Å². The Morgan fingerprint density at radius 2 is 2.00 bits per heavy atom. The molecule has 1 aromatic heterocycles. The van der Waals surface area contributed by atoms with Crippen LogP contribution < -0.4 is 4.74 Å². The third kappa shape index (κ3) is 3.30. The van der Waals surface area contributed by atoms with Crippen LogP contribution in [0.15, 0.2) is 28.8 Å². The molecule has 1 amide bonds. The minimum absolute atomic E-state index is 0.0339. The number of carbonyl (C=O) groups excluding carboxylic acids is 1. The highest BCUT2D eigenvalue weighted by atomic mass is 16.5. The highest BCUT2D eigenvalue weighted by molar-refractivity contribution is 5.96. The molecule has 1 aromatic carbocycles. The Morgan fingerprint density at radius 3 is 2.62 bits per heavy atom. The lowest BCUT2D eigenvalue weighted by Crippen LogP contribution is -2.34. The summed E-state index contributed by atoms with van der Waals surface area (Å²) < 4.78 is 10.4. The molecule has 1 aliphatic rings. The van der Waals surface area contributed by atoms with Crippen LogP contribution in [0.1, 0.15) is 52.6 Å². The zero-order valence-electron chi connectivity index (χ0n) is 14.5. The molecular formula is C19H24N2O3. The Bertz CT molecular complexity index is 686. The van der Waals surface area contributed by atoms with Crippen molar-refractivity contribution in [1.29, 1.82) is 0 Å². The molecule has 24 heavy (non-hydrogen) atoms. The van der Waals surface area contributed by atoms with Crippen molar-refractivity contribution >= 4 is 5.91 Å². The molecule has 0 saturated carbocycles. The van der Waals surface area contributed by atoms with E-state index in [1.165, 1.54) is 5.56 Å². The maximum Gasteiger partial charge on any atom is 0.259 e. The number of carbonyl (C=O) groups is 1. The van der Waals surface area contributed by atoms with Gasteiger partial charge in [0.25, 0.3) is 5.91 Å². The molecule has 1 aliphatic heterocycles. The molecule has 5 heteroatoms. The molecule has 0 radical (unpaired) electrons. The zero-order chi connectivity index (χ0) is 17.1. The molecule has 0 spiro atoms. The average Bonchev–Trinajstić information content (AvgIpc) is 2.80. The van der Waals surface area contributed by atoms with E-state index in [4.69, 9.17) is 9.26 Å². The first-order valence-corrected chi connectivity index (χ1v) is 8.46. The van der Waals surface area contributed by atoms with Gasteiger partial charge in [0.05, 0.1) is 12.8 Å². The highest BCUT2D eigenvalue weighted by Gasteiger charge is 2.27. The van der Waals surface area contributed by atoms with Crippen molar-refractivity contribution in [2.75, 3.05) is 20.2 Å². The van der Waals surface area contributed by atoms with Crippen LogP contribution in [0, 0.1) is 13.8 Å². The van der Waals surface area contributed by atoms with Crippen molar-refractivity contribution in [1.82, 2.24) is 10.1 Å². The summed E-state index contributed by atoms with van der Waals surface area (Å²) >= 11 is 0. The maximum absolute atomic E-state index is 12.9. The lowest BCUT2D eigenvalue weighted by atomic mass is 9.94. The minimum atomic E-state index is 0.0339. The minimum Gasteiger partial charge on any atom is -0.497 e. The monoisotopic (exact) mass is 328 g/mol. The molecule has 1 atom stereocenters. The van der Waals surface area contributed by atoms with Gasteiger partial charge in [0.15, 0.2) is 0 Å². The Labute approximate surface area is 142 Å². The number of hydrogen-bond donors (Lipinski definition) is 0. The fourth-order valence-electron chi connectivity index (χ4n) is 3.42. The Balaban J connectivity index is 1.80. The van der Waals surface area contributed by atoms with Gasteiger partial charge < -0.3 is 14.2 Å². The summed E-state index contributed by atoms with van der Waals surface area (Å²) in [6.45, 7) is 5.14. The van der Waals surface area contributed by atoms with Gasteiger partial charge in [0.1, 0.15) is 17.1 Å². The summed E-state index contributed by atoms with van der Waals surface area (Å²) in [5.74, 6) is 1.84. The SMILES string of the molecule is COc1ccc(C2CCCCN(C(=O)c3c(C)noc3C)C2)cc1. The normalized spacial score (nSPS) is 18.3. The first-order chi connectivity index (χ1) is 11.6. The molecule has 128 valence electrons. The number of hydrogen-bond acceptors (Lipinski definition) is 4. The van der Waals surface area contributed by atoms with Crippen molar-refractivity contribution in [3.05, 3.63) is 46.8 Å². The first kappa shape index (κ1) is 16.6. The lowest BCUT2D eigenvalue weighted by Gasteiger charge is -2.25. The van der Waals surface area contributed by atoms with Gasteiger partial charge in [-0.05, 0) is 44.4 Å². The van der Waals surface area contributed by atoms with E-state index in [1.54, 1.807) is 14.0 Å². The van der Waals surface area contributed by atoms with Crippen molar-refractivity contribution in [2.45, 2.75) is 39.0 Å². The fraction of sp³-hybridized carbons (Fsp3) is 0.474. The van der Waals surface area contributed by atoms with Crippen molar-refractivity contribution < 1.29 is 14.1 Å². The number of likely N-dealkylation sites (tertiary alicyclic amines) is 1. The van der Waals surface area contributed by atoms with Crippen molar-refractivity contribution in [3.8, 4) is 5.75 Å². The smallest absolute Gasteiger partial charge is 0.259 e. The van der Waals surface area contributed by atoms with Crippen LogP contribution in [0.2, 0.25) is 0 Å². The van der Waals surface area contributed by atoms with Crippen molar-refractivity contribution in [3.63, 3.8) is 0 Å². The Morgan fingerprint density at radius 1 is 1.25 bits per heavy atom. The Hall–Kier alpha value is -2.30. The molecule has 5 nitrogen and oxygen atoms in total. The predicted octanol–water partition coefficient (Wildman–Crippen LogP) is 3.71. The lowest BCUT2D eigenvalue weighted by molar-refractivity contribution is 0.0752. The maximum atomic E-state index is 12.9. The number of aryl methyl sites for hydroxylation is 2. The molecule has 1 unspecified atom stereocenters. The molecule has 0 aliphatic carbocycles. The van der Waals surface area contributed by atoms with E-state index < -0.39 is 0 Å². The van der Waals surface area contributed by atoms with E-state index in [2.05, 4.69) is 17.3 Å². The molecule has 3 rings (SSSR count). The molecule has 1 fully saturated rings. The highest BCUT2D eigenvalue weighted by Crippen LogP contribution is 2.29. The van der Waals surface area contributed by atoms with E-state index in [1.807, 2.05) is 24.0 Å². The summed E-state index contributed by atoms with van der Waals surface area (Å²) in [5.41, 5.74) is 2.54. The first-order valence-electron chi connectivity index (χ1n) is 8.46. The Kier molecular flexibility index (Phi) is 4.88. The van der Waals surface area contributed by atoms with E-state index in [0.717, 1.165) is 38.1 Å². The predicted molar refractivity (Wildman–Crippen MR) is 91.5 cm³/mol. The van der Waals surface area contributed by atoms with Crippen LogP contribution in [0.3, 0.4) is 0 Å². The quantitative estimate of drug-likeness (QED) is 0.862. The average molecular weight is 328 g/mol. The van der Waals surface area contributed by atoms with E-state index in [0.29, 0.717) is 22.9 Å². The third-order valence-electron chi connectivity index (χ3n) is 4.79. The molecule has 2 aromatic rings. The van der Waals surface area contributed by atoms with Crippen LogP contribution in [-0.2, 0) is 0 Å². The van der Waals surface area contributed by atoms with Crippen LogP contribution in [-0.4, -0.2) is 36.2 Å². The number of rotatable bonds is 3. The van der Waals surface area contributed by atoms with E-state index in [9.17, 15) is 4.79 Å². The molecule has 2 heterocycles. The summed E-state index contributed by atoms with van der Waals surface area (Å²) in [6, 6.07) is 8.18. The number of nitrogens with zero attached hydrogens (tertiary/aromatic N) is 2. The third-order valence-corrected chi connectivity index (χ3v) is 4.79. The molecule has 0 N–H and O–H groups in total.